The zero-order valence-corrected chi connectivity index (χ0v) is 10.0. The first kappa shape index (κ1) is 12.2. The highest BCUT2D eigenvalue weighted by Crippen LogP contribution is 2.12. The molecule has 0 saturated carbocycles. The molecule has 0 radical (unpaired) electrons. The number of carbonyl (C=O) groups is 1. The normalized spacial score (nSPS) is 10.6. The molecule has 2 aromatic rings. The van der Waals surface area contributed by atoms with Crippen LogP contribution in [0.25, 0.3) is 0 Å². The zero-order valence-electron chi connectivity index (χ0n) is 10.0. The summed E-state index contributed by atoms with van der Waals surface area (Å²) in [5.41, 5.74) is 0.316. The Balaban J connectivity index is 2.30. The van der Waals surface area contributed by atoms with E-state index in [1.54, 1.807) is 18.5 Å². The molecular weight excluding hydrogens is 237 g/mol. The third-order valence-corrected chi connectivity index (χ3v) is 2.58. The molecule has 1 aromatic heterocycles. The van der Waals surface area contributed by atoms with Crippen LogP contribution in [0.5, 0.6) is 0 Å². The summed E-state index contributed by atoms with van der Waals surface area (Å²) in [6, 6.07) is 3.84. The molecule has 1 aromatic carbocycles. The Hall–Kier alpha value is -2.24. The van der Waals surface area contributed by atoms with Gasteiger partial charge in [0.2, 0.25) is 0 Å². The molecule has 1 N–H and O–H groups in total. The molecule has 0 atom stereocenters. The van der Waals surface area contributed by atoms with Gasteiger partial charge in [-0.2, -0.15) is 5.10 Å². The number of carboxylic acid groups (broad SMARTS) is 1. The Kier molecular flexibility index (Phi) is 3.10. The van der Waals surface area contributed by atoms with Crippen LogP contribution >= 0.6 is 0 Å². The van der Waals surface area contributed by atoms with Gasteiger partial charge in [0, 0.05) is 5.56 Å². The quantitative estimate of drug-likeness (QED) is 0.900. The molecule has 1 heterocycles. The summed E-state index contributed by atoms with van der Waals surface area (Å²) in [6.45, 7) is 3.77. The van der Waals surface area contributed by atoms with E-state index in [9.17, 15) is 9.18 Å². The van der Waals surface area contributed by atoms with E-state index in [0.29, 0.717) is 17.2 Å². The van der Waals surface area contributed by atoms with Gasteiger partial charge in [-0.15, -0.1) is 0 Å². The highest BCUT2D eigenvalue weighted by Gasteiger charge is 2.10. The molecule has 0 saturated heterocycles. The number of nitrogens with zero attached hydrogens (tertiary/aromatic N) is 3. The molecule has 0 aliphatic rings. The average molecular weight is 249 g/mol. The van der Waals surface area contributed by atoms with Crippen molar-refractivity contribution in [2.45, 2.75) is 20.4 Å². The summed E-state index contributed by atoms with van der Waals surface area (Å²) in [4.78, 5) is 14.8. The lowest BCUT2D eigenvalue weighted by Gasteiger charge is -2.05. The molecule has 94 valence electrons. The third-order valence-electron chi connectivity index (χ3n) is 2.58. The van der Waals surface area contributed by atoms with Gasteiger partial charge < -0.3 is 5.11 Å². The molecule has 0 fully saturated rings. The van der Waals surface area contributed by atoms with E-state index < -0.39 is 11.8 Å². The highest BCUT2D eigenvalue weighted by molar-refractivity contribution is 5.87. The number of aryl methyl sites for hydroxylation is 2. The van der Waals surface area contributed by atoms with Gasteiger partial charge >= 0.3 is 5.97 Å². The fourth-order valence-corrected chi connectivity index (χ4v) is 1.68. The van der Waals surface area contributed by atoms with E-state index in [0.717, 1.165) is 6.07 Å². The topological polar surface area (TPSA) is 68.0 Å². The Bertz CT molecular complexity index is 607. The molecule has 0 unspecified atom stereocenters. The molecule has 0 amide bonds. The number of hydrogen-bond donors (Lipinski definition) is 1. The number of aromatic nitrogens is 3. The van der Waals surface area contributed by atoms with Crippen molar-refractivity contribution < 1.29 is 14.3 Å². The standard InChI is InChI=1S/C12H12FN3O2/c1-7-14-8(2)16(15-7)6-10-4-3-9(12(17)18)5-11(10)13/h3-5H,6H2,1-2H3,(H,17,18). The van der Waals surface area contributed by atoms with Gasteiger partial charge in [0.05, 0.1) is 12.1 Å². The zero-order chi connectivity index (χ0) is 13.3. The van der Waals surface area contributed by atoms with E-state index >= 15 is 0 Å². The summed E-state index contributed by atoms with van der Waals surface area (Å²) in [7, 11) is 0. The van der Waals surface area contributed by atoms with Gasteiger partial charge in [0.25, 0.3) is 0 Å². The van der Waals surface area contributed by atoms with Crippen molar-refractivity contribution in [3.63, 3.8) is 0 Å². The maximum absolute atomic E-state index is 13.7. The van der Waals surface area contributed by atoms with Crippen molar-refractivity contribution >= 4 is 5.97 Å². The van der Waals surface area contributed by atoms with E-state index in [-0.39, 0.29) is 12.1 Å². The van der Waals surface area contributed by atoms with E-state index in [2.05, 4.69) is 10.1 Å². The summed E-state index contributed by atoms with van der Waals surface area (Å²) in [5, 5.41) is 12.9. The van der Waals surface area contributed by atoms with Gasteiger partial charge in [-0.25, -0.2) is 18.9 Å². The van der Waals surface area contributed by atoms with Crippen molar-refractivity contribution in [1.82, 2.24) is 14.8 Å². The summed E-state index contributed by atoms with van der Waals surface area (Å²) >= 11 is 0. The molecule has 0 aliphatic heterocycles. The monoisotopic (exact) mass is 249 g/mol. The van der Waals surface area contributed by atoms with Gasteiger partial charge in [-0.05, 0) is 26.0 Å². The highest BCUT2D eigenvalue weighted by atomic mass is 19.1. The Morgan fingerprint density at radius 2 is 2.17 bits per heavy atom. The maximum Gasteiger partial charge on any atom is 0.335 e. The number of benzene rings is 1. The number of aromatic carboxylic acids is 1. The Morgan fingerprint density at radius 3 is 2.67 bits per heavy atom. The van der Waals surface area contributed by atoms with Crippen LogP contribution in [0.4, 0.5) is 4.39 Å². The summed E-state index contributed by atoms with van der Waals surface area (Å²) in [5.74, 6) is -0.389. The Morgan fingerprint density at radius 1 is 1.44 bits per heavy atom. The van der Waals surface area contributed by atoms with Crippen LogP contribution in [0.3, 0.4) is 0 Å². The van der Waals surface area contributed by atoms with Crippen molar-refractivity contribution in [3.05, 3.63) is 46.8 Å². The van der Waals surface area contributed by atoms with Crippen LogP contribution in [0.2, 0.25) is 0 Å². The van der Waals surface area contributed by atoms with Crippen LogP contribution in [0.1, 0.15) is 27.6 Å². The Labute approximate surface area is 103 Å². The van der Waals surface area contributed by atoms with Crippen LogP contribution in [0.15, 0.2) is 18.2 Å². The van der Waals surface area contributed by atoms with E-state index in [4.69, 9.17) is 5.11 Å². The van der Waals surface area contributed by atoms with Crippen LogP contribution in [0, 0.1) is 19.7 Å². The minimum absolute atomic E-state index is 0.0669. The van der Waals surface area contributed by atoms with E-state index in [1.165, 1.54) is 12.1 Å². The summed E-state index contributed by atoms with van der Waals surface area (Å²) in [6.07, 6.45) is 0. The van der Waals surface area contributed by atoms with Crippen LogP contribution in [-0.2, 0) is 6.54 Å². The number of halogens is 1. The number of carboxylic acids is 1. The van der Waals surface area contributed by atoms with Crippen LogP contribution in [-0.4, -0.2) is 25.8 Å². The lowest BCUT2D eigenvalue weighted by Crippen LogP contribution is -2.07. The molecule has 0 bridgehead atoms. The van der Waals surface area contributed by atoms with Crippen molar-refractivity contribution in [2.24, 2.45) is 0 Å². The molecule has 0 spiro atoms. The SMILES string of the molecule is Cc1nc(C)n(Cc2ccc(C(=O)O)cc2F)n1. The first-order valence-electron chi connectivity index (χ1n) is 5.37. The minimum atomic E-state index is -1.15. The van der Waals surface area contributed by atoms with Crippen molar-refractivity contribution in [2.75, 3.05) is 0 Å². The average Bonchev–Trinajstić information content (AvgIpc) is 2.60. The third kappa shape index (κ3) is 2.37. The molecule has 18 heavy (non-hydrogen) atoms. The second-order valence-electron chi connectivity index (χ2n) is 3.98. The molecule has 2 rings (SSSR count). The van der Waals surface area contributed by atoms with Gasteiger partial charge in [-0.3, -0.25) is 0 Å². The second-order valence-corrected chi connectivity index (χ2v) is 3.98. The molecule has 5 nitrogen and oxygen atoms in total. The van der Waals surface area contributed by atoms with Crippen molar-refractivity contribution in [1.29, 1.82) is 0 Å². The smallest absolute Gasteiger partial charge is 0.335 e. The largest absolute Gasteiger partial charge is 0.478 e. The van der Waals surface area contributed by atoms with Gasteiger partial charge in [0.15, 0.2) is 0 Å². The second kappa shape index (κ2) is 4.56. The van der Waals surface area contributed by atoms with Gasteiger partial charge in [0.1, 0.15) is 17.5 Å². The predicted octanol–water partition coefficient (Wildman–Crippen LogP) is 1.78. The first-order valence-corrected chi connectivity index (χ1v) is 5.37. The molecule has 6 heteroatoms. The van der Waals surface area contributed by atoms with Crippen molar-refractivity contribution in [3.8, 4) is 0 Å². The molecular formula is C12H12FN3O2. The lowest BCUT2D eigenvalue weighted by molar-refractivity contribution is 0.0696. The number of rotatable bonds is 3. The first-order chi connectivity index (χ1) is 8.47. The number of hydrogen-bond acceptors (Lipinski definition) is 3. The van der Waals surface area contributed by atoms with E-state index in [1.807, 2.05) is 0 Å². The summed E-state index contributed by atoms with van der Waals surface area (Å²) < 4.78 is 15.3. The predicted molar refractivity (Wildman–Crippen MR) is 62.0 cm³/mol. The fourth-order valence-electron chi connectivity index (χ4n) is 1.68. The lowest BCUT2D eigenvalue weighted by atomic mass is 10.1. The minimum Gasteiger partial charge on any atom is -0.478 e. The van der Waals surface area contributed by atoms with Crippen LogP contribution < -0.4 is 0 Å². The maximum atomic E-state index is 13.7. The van der Waals surface area contributed by atoms with Gasteiger partial charge in [-0.1, -0.05) is 6.07 Å². The fraction of sp³-hybridized carbons (Fsp3) is 0.250. The molecule has 0 aliphatic carbocycles.